The minimum Gasteiger partial charge on any atom is -0.459 e. The van der Waals surface area contributed by atoms with Crippen LogP contribution in [-0.4, -0.2) is 24.5 Å². The van der Waals surface area contributed by atoms with Gasteiger partial charge in [-0.05, 0) is 31.5 Å². The fraction of sp³-hybridized carbons (Fsp3) is 0.556. The Morgan fingerprint density at radius 1 is 1.29 bits per heavy atom. The minimum atomic E-state index is 0.825. The topological polar surface area (TPSA) is 28.4 Å². The van der Waals surface area contributed by atoms with Gasteiger partial charge in [0.05, 0.1) is 6.54 Å². The number of furan rings is 1. The highest BCUT2D eigenvalue weighted by Crippen LogP contribution is 2.29. The van der Waals surface area contributed by atoms with E-state index in [-0.39, 0.29) is 0 Å². The van der Waals surface area contributed by atoms with Crippen LogP contribution in [0.15, 0.2) is 28.7 Å². The average molecular weight is 286 g/mol. The van der Waals surface area contributed by atoms with Crippen LogP contribution in [0.1, 0.15) is 38.0 Å². The molecule has 1 fully saturated rings. The van der Waals surface area contributed by atoms with Crippen molar-refractivity contribution in [1.29, 1.82) is 0 Å². The molecule has 1 N–H and O–H groups in total. The Kier molecular flexibility index (Phi) is 4.61. The third kappa shape index (κ3) is 3.14. The highest BCUT2D eigenvalue weighted by molar-refractivity contribution is 5.82. The largest absolute Gasteiger partial charge is 0.459 e. The Hall–Kier alpha value is -1.32. The Balaban J connectivity index is 1.84. The van der Waals surface area contributed by atoms with Crippen molar-refractivity contribution < 1.29 is 4.42 Å². The molecule has 1 saturated heterocycles. The quantitative estimate of drug-likeness (QED) is 0.876. The van der Waals surface area contributed by atoms with Gasteiger partial charge in [-0.3, -0.25) is 4.90 Å². The minimum absolute atomic E-state index is 0.825. The van der Waals surface area contributed by atoms with E-state index < -0.39 is 0 Å². The van der Waals surface area contributed by atoms with Crippen molar-refractivity contribution in [2.45, 2.75) is 39.8 Å². The molecule has 3 nitrogen and oxygen atoms in total. The molecular formula is C18H26N2O. The summed E-state index contributed by atoms with van der Waals surface area (Å²) in [5, 5.41) is 4.68. The van der Waals surface area contributed by atoms with Gasteiger partial charge >= 0.3 is 0 Å². The van der Waals surface area contributed by atoms with E-state index in [9.17, 15) is 0 Å². The molecule has 3 heteroatoms. The number of rotatable bonds is 6. The summed E-state index contributed by atoms with van der Waals surface area (Å²) in [6.45, 7) is 9.71. The summed E-state index contributed by atoms with van der Waals surface area (Å²) in [6, 6.07) is 8.43. The molecule has 114 valence electrons. The van der Waals surface area contributed by atoms with Crippen molar-refractivity contribution in [2.75, 3.05) is 19.6 Å². The molecule has 1 aromatic heterocycles. The fourth-order valence-electron chi connectivity index (χ4n) is 3.32. The zero-order chi connectivity index (χ0) is 14.7. The molecule has 2 aromatic rings. The first kappa shape index (κ1) is 14.6. The Morgan fingerprint density at radius 3 is 2.90 bits per heavy atom. The van der Waals surface area contributed by atoms with Gasteiger partial charge in [0, 0.05) is 24.0 Å². The molecule has 3 rings (SSSR count). The Bertz CT molecular complexity index is 590. The predicted molar refractivity (Wildman–Crippen MR) is 87.3 cm³/mol. The normalized spacial score (nSPS) is 19.6. The lowest BCUT2D eigenvalue weighted by atomic mass is 10.1. The summed E-state index contributed by atoms with van der Waals surface area (Å²) in [4.78, 5) is 2.58. The van der Waals surface area contributed by atoms with Crippen molar-refractivity contribution in [2.24, 2.45) is 5.92 Å². The van der Waals surface area contributed by atoms with Gasteiger partial charge in [0.2, 0.25) is 0 Å². The number of hydrogen-bond acceptors (Lipinski definition) is 3. The predicted octanol–water partition coefficient (Wildman–Crippen LogP) is 3.77. The van der Waals surface area contributed by atoms with Crippen molar-refractivity contribution in [3.05, 3.63) is 35.6 Å². The summed E-state index contributed by atoms with van der Waals surface area (Å²) in [6.07, 6.45) is 2.64. The van der Waals surface area contributed by atoms with Gasteiger partial charge in [0.1, 0.15) is 11.3 Å². The fourth-order valence-corrected chi connectivity index (χ4v) is 3.32. The highest BCUT2D eigenvalue weighted by atomic mass is 16.3. The molecule has 21 heavy (non-hydrogen) atoms. The van der Waals surface area contributed by atoms with Gasteiger partial charge in [0.25, 0.3) is 0 Å². The van der Waals surface area contributed by atoms with E-state index >= 15 is 0 Å². The maximum atomic E-state index is 6.08. The zero-order valence-corrected chi connectivity index (χ0v) is 13.2. The van der Waals surface area contributed by atoms with Crippen LogP contribution in [0.4, 0.5) is 0 Å². The summed E-state index contributed by atoms with van der Waals surface area (Å²) in [7, 11) is 0. The van der Waals surface area contributed by atoms with Gasteiger partial charge in [-0.25, -0.2) is 0 Å². The molecule has 1 aliphatic heterocycles. The first-order chi connectivity index (χ1) is 10.3. The Morgan fingerprint density at radius 2 is 2.14 bits per heavy atom. The Labute approximate surface area is 127 Å². The van der Waals surface area contributed by atoms with Crippen LogP contribution in [0.3, 0.4) is 0 Å². The van der Waals surface area contributed by atoms with Gasteiger partial charge in [-0.15, -0.1) is 0 Å². The molecule has 0 radical (unpaired) electrons. The van der Waals surface area contributed by atoms with E-state index in [4.69, 9.17) is 4.42 Å². The second-order valence-corrected chi connectivity index (χ2v) is 6.08. The molecule has 0 spiro atoms. The number of nitrogens with one attached hydrogen (secondary N) is 1. The van der Waals surface area contributed by atoms with Crippen LogP contribution in [0.5, 0.6) is 0 Å². The number of likely N-dealkylation sites (tertiary alicyclic amines) is 1. The van der Waals surface area contributed by atoms with E-state index in [0.29, 0.717) is 0 Å². The van der Waals surface area contributed by atoms with Crippen molar-refractivity contribution in [1.82, 2.24) is 10.2 Å². The van der Waals surface area contributed by atoms with Crippen LogP contribution in [0, 0.1) is 5.92 Å². The second kappa shape index (κ2) is 6.63. The zero-order valence-electron chi connectivity index (χ0n) is 13.2. The van der Waals surface area contributed by atoms with E-state index in [1.54, 1.807) is 0 Å². The van der Waals surface area contributed by atoms with Crippen molar-refractivity contribution in [3.63, 3.8) is 0 Å². The van der Waals surface area contributed by atoms with Crippen molar-refractivity contribution in [3.8, 4) is 0 Å². The van der Waals surface area contributed by atoms with Gasteiger partial charge < -0.3 is 9.73 Å². The average Bonchev–Trinajstić information content (AvgIpc) is 3.11. The van der Waals surface area contributed by atoms with Crippen LogP contribution in [0.2, 0.25) is 0 Å². The van der Waals surface area contributed by atoms with E-state index in [2.05, 4.69) is 48.3 Å². The lowest BCUT2D eigenvalue weighted by Gasteiger charge is -2.16. The number of nitrogens with zero attached hydrogens (tertiary/aromatic N) is 1. The smallest absolute Gasteiger partial charge is 0.134 e. The van der Waals surface area contributed by atoms with E-state index in [0.717, 1.165) is 36.9 Å². The number of para-hydroxylation sites is 1. The van der Waals surface area contributed by atoms with Crippen LogP contribution < -0.4 is 5.32 Å². The summed E-state index contributed by atoms with van der Waals surface area (Å²) < 4.78 is 6.08. The van der Waals surface area contributed by atoms with Crippen molar-refractivity contribution >= 4 is 11.0 Å². The third-order valence-electron chi connectivity index (χ3n) is 4.65. The molecule has 1 unspecified atom stereocenters. The molecule has 1 aromatic carbocycles. The van der Waals surface area contributed by atoms with Crippen LogP contribution in [-0.2, 0) is 13.1 Å². The van der Waals surface area contributed by atoms with Gasteiger partial charge in [-0.2, -0.15) is 0 Å². The molecule has 0 amide bonds. The first-order valence-corrected chi connectivity index (χ1v) is 8.24. The number of hydrogen-bond donors (Lipinski definition) is 1. The van der Waals surface area contributed by atoms with Crippen LogP contribution in [0.25, 0.3) is 11.0 Å². The lowest BCUT2D eigenvalue weighted by Crippen LogP contribution is -2.21. The van der Waals surface area contributed by atoms with Gasteiger partial charge in [0.15, 0.2) is 0 Å². The second-order valence-electron chi connectivity index (χ2n) is 6.08. The molecular weight excluding hydrogens is 260 g/mol. The third-order valence-corrected chi connectivity index (χ3v) is 4.65. The van der Waals surface area contributed by atoms with E-state index in [1.165, 1.54) is 36.9 Å². The molecule has 2 heterocycles. The summed E-state index contributed by atoms with van der Waals surface area (Å²) in [5.74, 6) is 1.98. The summed E-state index contributed by atoms with van der Waals surface area (Å²) in [5.41, 5.74) is 2.40. The molecule has 0 saturated carbocycles. The van der Waals surface area contributed by atoms with E-state index in [1.807, 2.05) is 0 Å². The number of fused-ring (bicyclic) bond motifs is 1. The van der Waals surface area contributed by atoms with Gasteiger partial charge in [-0.1, -0.05) is 38.5 Å². The number of benzene rings is 1. The SMILES string of the molecule is CCNCc1oc2ccccc2c1CN1CCC(CC)C1. The summed E-state index contributed by atoms with van der Waals surface area (Å²) >= 11 is 0. The highest BCUT2D eigenvalue weighted by Gasteiger charge is 2.23. The maximum Gasteiger partial charge on any atom is 0.134 e. The van der Waals surface area contributed by atoms with Crippen LogP contribution >= 0.6 is 0 Å². The molecule has 1 aliphatic rings. The monoisotopic (exact) mass is 286 g/mol. The maximum absolute atomic E-state index is 6.08. The molecule has 0 aliphatic carbocycles. The first-order valence-electron chi connectivity index (χ1n) is 8.24. The standard InChI is InChI=1S/C18H26N2O/c1-3-14-9-10-20(12-14)13-16-15-7-5-6-8-17(15)21-18(16)11-19-4-2/h5-8,14,19H,3-4,9-13H2,1-2H3. The molecule has 0 bridgehead atoms. The lowest BCUT2D eigenvalue weighted by molar-refractivity contribution is 0.312. The molecule has 1 atom stereocenters.